The largest absolute Gasteiger partial charge is 0.384 e. The van der Waals surface area contributed by atoms with Gasteiger partial charge in [-0.05, 0) is 94.7 Å². The number of nitrogens with zero attached hydrogens (tertiary/aromatic N) is 3. The zero-order valence-electron chi connectivity index (χ0n) is 23.1. The third kappa shape index (κ3) is 4.93. The number of aryl methyl sites for hydroxylation is 2. The van der Waals surface area contributed by atoms with Crippen LogP contribution in [0.25, 0.3) is 10.9 Å². The molecule has 2 aliphatic rings. The Morgan fingerprint density at radius 1 is 1.14 bits per heavy atom. The summed E-state index contributed by atoms with van der Waals surface area (Å²) in [6, 6.07) is 9.11. The summed E-state index contributed by atoms with van der Waals surface area (Å²) in [5, 5.41) is 8.99. The molecule has 3 N–H and O–H groups in total. The number of aromatic nitrogens is 1. The van der Waals surface area contributed by atoms with Crippen molar-refractivity contribution in [2.45, 2.75) is 111 Å². The van der Waals surface area contributed by atoms with E-state index in [1.165, 1.54) is 11.1 Å². The zero-order chi connectivity index (χ0) is 26.0. The average molecular weight is 494 g/mol. The molecule has 1 amide bonds. The minimum Gasteiger partial charge on any atom is -0.384 e. The predicted molar refractivity (Wildman–Crippen MR) is 150 cm³/mol. The van der Waals surface area contributed by atoms with E-state index in [0.717, 1.165) is 82.1 Å². The van der Waals surface area contributed by atoms with Crippen molar-refractivity contribution >= 4 is 22.6 Å². The maximum absolute atomic E-state index is 13.9. The molecule has 2 fully saturated rings. The first-order chi connectivity index (χ1) is 17.2. The van der Waals surface area contributed by atoms with Gasteiger partial charge in [0.2, 0.25) is 5.91 Å². The molecule has 0 bridgehead atoms. The second-order valence-electron chi connectivity index (χ2n) is 11.4. The molecule has 4 rings (SSSR count). The van der Waals surface area contributed by atoms with Crippen LogP contribution in [0.5, 0.6) is 0 Å². The number of hydrogen-bond acceptors (Lipinski definition) is 3. The third-order valence-electron chi connectivity index (χ3n) is 9.71. The van der Waals surface area contributed by atoms with Gasteiger partial charge in [0, 0.05) is 41.9 Å². The average Bonchev–Trinajstić information content (AvgIpc) is 3.63. The Morgan fingerprint density at radius 2 is 1.86 bits per heavy atom. The number of nitrogens with one attached hydrogen (secondary N) is 1. The number of amidine groups is 1. The highest BCUT2D eigenvalue weighted by molar-refractivity contribution is 5.98. The molecule has 0 spiro atoms. The highest BCUT2D eigenvalue weighted by Gasteiger charge is 2.43. The van der Waals surface area contributed by atoms with Crippen molar-refractivity contribution < 1.29 is 4.79 Å². The lowest BCUT2D eigenvalue weighted by atomic mass is 9.77. The van der Waals surface area contributed by atoms with Gasteiger partial charge < -0.3 is 15.2 Å². The van der Waals surface area contributed by atoms with Crippen LogP contribution in [0.1, 0.15) is 90.8 Å². The maximum Gasteiger partial charge on any atom is 0.240 e. The lowest BCUT2D eigenvalue weighted by molar-refractivity contribution is -0.138. The van der Waals surface area contributed by atoms with Gasteiger partial charge in [-0.2, -0.15) is 0 Å². The fourth-order valence-corrected chi connectivity index (χ4v) is 6.75. The monoisotopic (exact) mass is 493 g/mol. The van der Waals surface area contributed by atoms with E-state index in [0.29, 0.717) is 18.0 Å². The van der Waals surface area contributed by atoms with Gasteiger partial charge in [0.25, 0.3) is 0 Å². The number of carbonyl (C=O) groups excluding carboxylic acids is 1. The summed E-state index contributed by atoms with van der Waals surface area (Å²) in [7, 11) is 0. The molecular formula is C30H47N5O. The van der Waals surface area contributed by atoms with Gasteiger partial charge in [0.15, 0.2) is 0 Å². The SMILES string of the molecule is CCn1c(CC[C@@H]2CCCN2C(=O)[C@H]2CCCN2C(C)C(C)(CC)CC)cc2ccc(C(=N)N)cc21. The van der Waals surface area contributed by atoms with E-state index in [1.807, 2.05) is 12.1 Å². The smallest absolute Gasteiger partial charge is 0.240 e. The first-order valence-corrected chi connectivity index (χ1v) is 14.3. The van der Waals surface area contributed by atoms with Crippen molar-refractivity contribution in [3.05, 3.63) is 35.5 Å². The topological polar surface area (TPSA) is 78.4 Å². The van der Waals surface area contributed by atoms with Crippen LogP contribution in [0, 0.1) is 10.8 Å². The summed E-state index contributed by atoms with van der Waals surface area (Å²) in [5.41, 5.74) is 9.22. The van der Waals surface area contributed by atoms with Gasteiger partial charge in [0.05, 0.1) is 6.04 Å². The molecule has 198 valence electrons. The van der Waals surface area contributed by atoms with Crippen LogP contribution in [0.3, 0.4) is 0 Å². The molecule has 1 unspecified atom stereocenters. The Balaban J connectivity index is 1.48. The Morgan fingerprint density at radius 3 is 2.53 bits per heavy atom. The first-order valence-electron chi connectivity index (χ1n) is 14.3. The van der Waals surface area contributed by atoms with Gasteiger partial charge >= 0.3 is 0 Å². The van der Waals surface area contributed by atoms with Gasteiger partial charge in [-0.1, -0.05) is 32.9 Å². The van der Waals surface area contributed by atoms with E-state index in [-0.39, 0.29) is 17.3 Å². The van der Waals surface area contributed by atoms with Gasteiger partial charge in [0.1, 0.15) is 5.84 Å². The van der Waals surface area contributed by atoms with Crippen LogP contribution in [0.15, 0.2) is 24.3 Å². The van der Waals surface area contributed by atoms with E-state index in [1.54, 1.807) is 0 Å². The van der Waals surface area contributed by atoms with Crippen molar-refractivity contribution in [3.8, 4) is 0 Å². The molecule has 0 aliphatic carbocycles. The van der Waals surface area contributed by atoms with Crippen molar-refractivity contribution in [1.82, 2.24) is 14.4 Å². The highest BCUT2D eigenvalue weighted by atomic mass is 16.2. The number of nitrogen functional groups attached to an aromatic ring is 1. The van der Waals surface area contributed by atoms with Crippen LogP contribution >= 0.6 is 0 Å². The number of nitrogens with two attached hydrogens (primary N) is 1. The Labute approximate surface area is 217 Å². The summed E-state index contributed by atoms with van der Waals surface area (Å²) in [6.45, 7) is 14.3. The minimum atomic E-state index is 0.0464. The van der Waals surface area contributed by atoms with Gasteiger partial charge in [-0.15, -0.1) is 0 Å². The first kappa shape index (κ1) is 26.7. The zero-order valence-corrected chi connectivity index (χ0v) is 23.1. The molecule has 3 atom stereocenters. The lowest BCUT2D eigenvalue weighted by Crippen LogP contribution is -2.53. The molecule has 3 heterocycles. The Hall–Kier alpha value is -2.34. The highest BCUT2D eigenvalue weighted by Crippen LogP contribution is 2.37. The predicted octanol–water partition coefficient (Wildman–Crippen LogP) is 5.55. The van der Waals surface area contributed by atoms with E-state index in [4.69, 9.17) is 11.1 Å². The molecule has 1 aromatic heterocycles. The maximum atomic E-state index is 13.9. The fourth-order valence-electron chi connectivity index (χ4n) is 6.75. The molecule has 1 aromatic carbocycles. The second-order valence-corrected chi connectivity index (χ2v) is 11.4. The Kier molecular flexibility index (Phi) is 8.13. The summed E-state index contributed by atoms with van der Waals surface area (Å²) in [4.78, 5) is 18.7. The fraction of sp³-hybridized carbons (Fsp3) is 0.667. The Bertz CT molecular complexity index is 1080. The van der Waals surface area contributed by atoms with E-state index >= 15 is 0 Å². The number of amides is 1. The van der Waals surface area contributed by atoms with Crippen LogP contribution in [-0.4, -0.2) is 57.3 Å². The normalized spacial score (nSPS) is 22.0. The summed E-state index contributed by atoms with van der Waals surface area (Å²) < 4.78 is 2.35. The molecule has 0 saturated carbocycles. The number of fused-ring (bicyclic) bond motifs is 1. The molecule has 6 nitrogen and oxygen atoms in total. The van der Waals surface area contributed by atoms with E-state index < -0.39 is 0 Å². The standard InChI is InChI=1S/C30H47N5O/c1-6-30(5,7-2)21(4)34-17-10-12-26(34)29(36)35-18-9-11-24(35)15-16-25-19-22-13-14-23(28(31)32)20-27(22)33(25)8-3/h13-14,19-21,24,26H,6-12,15-18H2,1-5H3,(H3,31,32)/t21?,24-,26+/m0/s1. The number of likely N-dealkylation sites (tertiary alicyclic amines) is 2. The molecule has 36 heavy (non-hydrogen) atoms. The van der Waals surface area contributed by atoms with Crippen LogP contribution in [0.2, 0.25) is 0 Å². The van der Waals surface area contributed by atoms with E-state index in [9.17, 15) is 4.79 Å². The molecule has 2 aliphatic heterocycles. The molecule has 2 saturated heterocycles. The lowest BCUT2D eigenvalue weighted by Gasteiger charge is -2.43. The quantitative estimate of drug-likeness (QED) is 0.336. The van der Waals surface area contributed by atoms with E-state index in [2.05, 4.69) is 61.1 Å². The van der Waals surface area contributed by atoms with Crippen molar-refractivity contribution in [2.24, 2.45) is 11.1 Å². The molecule has 2 aromatic rings. The number of benzene rings is 1. The minimum absolute atomic E-state index is 0.0464. The van der Waals surface area contributed by atoms with Crippen molar-refractivity contribution in [2.75, 3.05) is 13.1 Å². The summed E-state index contributed by atoms with van der Waals surface area (Å²) in [6.07, 6.45) is 8.60. The molecule has 6 heteroatoms. The summed E-state index contributed by atoms with van der Waals surface area (Å²) in [5.74, 6) is 0.481. The summed E-state index contributed by atoms with van der Waals surface area (Å²) >= 11 is 0. The van der Waals surface area contributed by atoms with Gasteiger partial charge in [-0.25, -0.2) is 0 Å². The van der Waals surface area contributed by atoms with Crippen LogP contribution < -0.4 is 5.73 Å². The van der Waals surface area contributed by atoms with Gasteiger partial charge in [-0.3, -0.25) is 15.1 Å². The number of rotatable bonds is 10. The second kappa shape index (κ2) is 11.0. The van der Waals surface area contributed by atoms with Crippen LogP contribution in [-0.2, 0) is 17.8 Å². The third-order valence-corrected chi connectivity index (χ3v) is 9.71. The number of carbonyl (C=O) groups is 1. The molecular weight excluding hydrogens is 446 g/mol. The van der Waals surface area contributed by atoms with Crippen molar-refractivity contribution in [3.63, 3.8) is 0 Å². The number of hydrogen-bond donors (Lipinski definition) is 2. The van der Waals surface area contributed by atoms with Crippen LogP contribution in [0.4, 0.5) is 0 Å². The van der Waals surface area contributed by atoms with Crippen molar-refractivity contribution in [1.29, 1.82) is 5.41 Å². The molecule has 0 radical (unpaired) electrons.